The quantitative estimate of drug-likeness (QED) is 0.198. The zero-order chi connectivity index (χ0) is 16.1. The van der Waals surface area contributed by atoms with Gasteiger partial charge in [-0.2, -0.15) is 0 Å². The Morgan fingerprint density at radius 2 is 0.667 bits per heavy atom. The molecule has 2 aromatic carbocycles. The van der Waals surface area contributed by atoms with Crippen molar-refractivity contribution in [3.63, 3.8) is 0 Å². The minimum atomic E-state index is 0.933. The lowest BCUT2D eigenvalue weighted by Gasteiger charge is -2.18. The van der Waals surface area contributed by atoms with Crippen molar-refractivity contribution in [2.24, 2.45) is 0 Å². The summed E-state index contributed by atoms with van der Waals surface area (Å²) in [7, 11) is 0. The van der Waals surface area contributed by atoms with Crippen LogP contribution in [0.15, 0.2) is 46.3 Å². The predicted molar refractivity (Wildman–Crippen MR) is 121 cm³/mol. The predicted octanol–water partition coefficient (Wildman–Crippen LogP) is 10.2. The molecule has 0 heterocycles. The van der Waals surface area contributed by atoms with E-state index in [4.69, 9.17) is 0 Å². The highest BCUT2D eigenvalue weighted by Gasteiger charge is 2.24. The fourth-order valence-corrected chi connectivity index (χ4v) is 7.51. The second-order valence-corrected chi connectivity index (χ2v) is 11.0. The number of halogens is 9. The van der Waals surface area contributed by atoms with E-state index in [9.17, 15) is 0 Å². The Labute approximate surface area is 197 Å². The Hall–Kier alpha value is 2.76. The standard InChI is InChI=1S/C12HBr9/c13-2-1-3(14)7(16)4(6(2)15)5-8(17)10(19)12(21)11(20)9(5)18/h1H. The second kappa shape index (κ2) is 7.98. The highest BCUT2D eigenvalue weighted by molar-refractivity contribution is 9.16. The maximum atomic E-state index is 3.67. The molecule has 0 spiro atoms. The van der Waals surface area contributed by atoms with Crippen molar-refractivity contribution in [3.05, 3.63) is 46.3 Å². The first kappa shape index (κ1) is 20.1. The summed E-state index contributed by atoms with van der Waals surface area (Å²) < 4.78 is 8.52. The van der Waals surface area contributed by atoms with E-state index < -0.39 is 0 Å². The minimum absolute atomic E-state index is 0.933. The van der Waals surface area contributed by atoms with Crippen molar-refractivity contribution >= 4 is 143 Å². The van der Waals surface area contributed by atoms with Gasteiger partial charge in [0.05, 0.1) is 0 Å². The van der Waals surface area contributed by atoms with E-state index >= 15 is 0 Å². The largest absolute Gasteiger partial charge is 0.0495 e. The summed E-state index contributed by atoms with van der Waals surface area (Å²) in [6, 6.07) is 1.99. The van der Waals surface area contributed by atoms with E-state index in [1.807, 2.05) is 6.07 Å². The summed E-state index contributed by atoms with van der Waals surface area (Å²) in [6.07, 6.45) is 0. The van der Waals surface area contributed by atoms with Crippen LogP contribution in [0, 0.1) is 0 Å². The molecular weight excluding hydrogens is 863 g/mol. The van der Waals surface area contributed by atoms with Crippen LogP contribution in [0.2, 0.25) is 0 Å². The molecule has 0 saturated heterocycles. The van der Waals surface area contributed by atoms with Gasteiger partial charge in [0.15, 0.2) is 0 Å². The molecule has 2 rings (SSSR count). The Kier molecular flexibility index (Phi) is 7.62. The van der Waals surface area contributed by atoms with Crippen LogP contribution in [-0.4, -0.2) is 0 Å². The molecule has 0 amide bonds. The van der Waals surface area contributed by atoms with E-state index in [0.29, 0.717) is 0 Å². The maximum absolute atomic E-state index is 3.67. The van der Waals surface area contributed by atoms with Gasteiger partial charge in [0, 0.05) is 51.4 Å². The van der Waals surface area contributed by atoms with Crippen LogP contribution in [0.1, 0.15) is 0 Å². The number of hydrogen-bond donors (Lipinski definition) is 0. The van der Waals surface area contributed by atoms with Crippen LogP contribution in [0.25, 0.3) is 11.1 Å². The van der Waals surface area contributed by atoms with E-state index in [-0.39, 0.29) is 0 Å². The summed E-state index contributed by atoms with van der Waals surface area (Å²) in [4.78, 5) is 0. The first-order valence-electron chi connectivity index (χ1n) is 5.03. The first-order chi connectivity index (χ1) is 9.68. The molecule has 0 aromatic heterocycles. The number of benzene rings is 2. The molecule has 0 saturated carbocycles. The van der Waals surface area contributed by atoms with Crippen molar-refractivity contribution in [2.75, 3.05) is 0 Å². The third-order valence-electron chi connectivity index (χ3n) is 2.57. The molecule has 0 bridgehead atoms. The molecule has 21 heavy (non-hydrogen) atoms. The Morgan fingerprint density at radius 3 is 1.05 bits per heavy atom. The topological polar surface area (TPSA) is 0 Å². The summed E-state index contributed by atoms with van der Waals surface area (Å²) in [6.45, 7) is 0. The van der Waals surface area contributed by atoms with Gasteiger partial charge >= 0.3 is 0 Å². The second-order valence-electron chi connectivity index (χ2n) is 3.79. The van der Waals surface area contributed by atoms with Gasteiger partial charge < -0.3 is 0 Å². The molecule has 0 radical (unpaired) electrons. The lowest BCUT2D eigenvalue weighted by atomic mass is 10.1. The Bertz CT molecular complexity index is 696. The third kappa shape index (κ3) is 3.81. The van der Waals surface area contributed by atoms with Gasteiger partial charge in [-0.1, -0.05) is 0 Å². The normalized spacial score (nSPS) is 11.1. The van der Waals surface area contributed by atoms with Gasteiger partial charge in [0.25, 0.3) is 0 Å². The van der Waals surface area contributed by atoms with Crippen LogP contribution in [0.5, 0.6) is 0 Å². The van der Waals surface area contributed by atoms with Crippen LogP contribution in [0.3, 0.4) is 0 Å². The average molecular weight is 864 g/mol. The Morgan fingerprint density at radius 1 is 0.381 bits per heavy atom. The minimum Gasteiger partial charge on any atom is -0.0495 e. The third-order valence-corrected chi connectivity index (χ3v) is 12.6. The lowest BCUT2D eigenvalue weighted by molar-refractivity contribution is 1.41. The molecule has 0 aliphatic rings. The van der Waals surface area contributed by atoms with Crippen molar-refractivity contribution in [1.29, 1.82) is 0 Å². The molecule has 0 nitrogen and oxygen atoms in total. The monoisotopic (exact) mass is 855 g/mol. The van der Waals surface area contributed by atoms with Gasteiger partial charge in [-0.05, 0) is 149 Å². The average Bonchev–Trinajstić information content (AvgIpc) is 2.44. The maximum Gasteiger partial charge on any atom is 0.0482 e. The van der Waals surface area contributed by atoms with Crippen LogP contribution in [0.4, 0.5) is 0 Å². The number of rotatable bonds is 1. The molecule has 9 heteroatoms. The summed E-state index contributed by atoms with van der Waals surface area (Å²) in [5.74, 6) is 0. The smallest absolute Gasteiger partial charge is 0.0482 e. The van der Waals surface area contributed by atoms with E-state index in [0.717, 1.165) is 51.4 Å². The molecular formula is C12HBr9. The van der Waals surface area contributed by atoms with Gasteiger partial charge in [-0.15, -0.1) is 0 Å². The van der Waals surface area contributed by atoms with Crippen molar-refractivity contribution in [1.82, 2.24) is 0 Å². The van der Waals surface area contributed by atoms with Crippen molar-refractivity contribution in [3.8, 4) is 11.1 Å². The van der Waals surface area contributed by atoms with Crippen LogP contribution < -0.4 is 0 Å². The highest BCUT2D eigenvalue weighted by Crippen LogP contribution is 2.53. The number of hydrogen-bond acceptors (Lipinski definition) is 0. The summed E-state index contributed by atoms with van der Waals surface area (Å²) >= 11 is 32.5. The van der Waals surface area contributed by atoms with Gasteiger partial charge in [0.2, 0.25) is 0 Å². The molecule has 0 unspecified atom stereocenters. The molecule has 0 fully saturated rings. The fraction of sp³-hybridized carbons (Fsp3) is 0. The van der Waals surface area contributed by atoms with Crippen molar-refractivity contribution in [2.45, 2.75) is 0 Å². The summed E-state index contributed by atoms with van der Waals surface area (Å²) in [5.41, 5.74) is 2.03. The zero-order valence-electron chi connectivity index (χ0n) is 9.48. The van der Waals surface area contributed by atoms with Crippen molar-refractivity contribution < 1.29 is 0 Å². The molecule has 0 aliphatic heterocycles. The lowest BCUT2D eigenvalue weighted by Crippen LogP contribution is -1.92. The zero-order valence-corrected chi connectivity index (χ0v) is 23.8. The SMILES string of the molecule is Brc1cc(Br)c(Br)c(-c2c(Br)c(Br)c(Br)c(Br)c2Br)c1Br. The van der Waals surface area contributed by atoms with Gasteiger partial charge in [0.1, 0.15) is 0 Å². The molecule has 0 atom stereocenters. The molecule has 112 valence electrons. The Balaban J connectivity index is 3.00. The van der Waals surface area contributed by atoms with E-state index in [1.165, 1.54) is 0 Å². The summed E-state index contributed by atoms with van der Waals surface area (Å²) in [5, 5.41) is 0. The molecule has 0 N–H and O–H groups in total. The van der Waals surface area contributed by atoms with Crippen LogP contribution in [-0.2, 0) is 0 Å². The fourth-order valence-electron chi connectivity index (χ4n) is 1.62. The van der Waals surface area contributed by atoms with Crippen LogP contribution >= 0.6 is 143 Å². The van der Waals surface area contributed by atoms with Gasteiger partial charge in [-0.25, -0.2) is 0 Å². The molecule has 0 aliphatic carbocycles. The van der Waals surface area contributed by atoms with E-state index in [1.54, 1.807) is 0 Å². The van der Waals surface area contributed by atoms with Gasteiger partial charge in [-0.3, -0.25) is 0 Å². The highest BCUT2D eigenvalue weighted by atomic mass is 79.9. The molecule has 2 aromatic rings. The first-order valence-corrected chi connectivity index (χ1v) is 12.2. The van der Waals surface area contributed by atoms with E-state index in [2.05, 4.69) is 143 Å².